The maximum absolute atomic E-state index is 13.8. The van der Waals surface area contributed by atoms with Crippen molar-refractivity contribution in [2.24, 2.45) is 0 Å². The Morgan fingerprint density at radius 3 is 1.97 bits per heavy atom. The standard InChI is InChI=1S/C30H25N3O2/c1-35-26-19-11-16-24(20-26)27-21-28(33(32-27)25-17-9-4-10-18-25)30(34)31-29(22-12-5-2-6-13-22)23-14-7-3-8-15-23/h2-21,29H,1H3,(H,31,34). The summed E-state index contributed by atoms with van der Waals surface area (Å²) < 4.78 is 7.07. The van der Waals surface area contributed by atoms with Crippen molar-refractivity contribution in [1.29, 1.82) is 0 Å². The first-order valence-electron chi connectivity index (χ1n) is 11.4. The van der Waals surface area contributed by atoms with Gasteiger partial charge in [-0.3, -0.25) is 4.79 Å². The van der Waals surface area contributed by atoms with E-state index in [0.717, 1.165) is 28.1 Å². The molecule has 5 nitrogen and oxygen atoms in total. The first-order chi connectivity index (χ1) is 17.2. The third-order valence-electron chi connectivity index (χ3n) is 5.85. The lowest BCUT2D eigenvalue weighted by atomic mass is 9.98. The zero-order valence-corrected chi connectivity index (χ0v) is 19.3. The Morgan fingerprint density at radius 2 is 1.37 bits per heavy atom. The first-order valence-corrected chi connectivity index (χ1v) is 11.4. The van der Waals surface area contributed by atoms with Gasteiger partial charge in [-0.05, 0) is 41.5 Å². The van der Waals surface area contributed by atoms with E-state index in [1.807, 2.05) is 121 Å². The highest BCUT2D eigenvalue weighted by molar-refractivity contribution is 5.95. The molecule has 0 saturated carbocycles. The van der Waals surface area contributed by atoms with Gasteiger partial charge in [-0.15, -0.1) is 0 Å². The Kier molecular flexibility index (Phi) is 6.39. The summed E-state index contributed by atoms with van der Waals surface area (Å²) in [6, 6.07) is 38.8. The van der Waals surface area contributed by atoms with Crippen LogP contribution in [0.2, 0.25) is 0 Å². The van der Waals surface area contributed by atoms with Crippen LogP contribution in [0.3, 0.4) is 0 Å². The Hall–Kier alpha value is -4.64. The smallest absolute Gasteiger partial charge is 0.270 e. The molecule has 172 valence electrons. The number of nitrogens with one attached hydrogen (secondary N) is 1. The van der Waals surface area contributed by atoms with Crippen molar-refractivity contribution in [1.82, 2.24) is 15.1 Å². The summed E-state index contributed by atoms with van der Waals surface area (Å²) in [5, 5.41) is 8.04. The lowest BCUT2D eigenvalue weighted by Crippen LogP contribution is -2.31. The number of para-hydroxylation sites is 1. The zero-order chi connectivity index (χ0) is 24.0. The summed E-state index contributed by atoms with van der Waals surface area (Å²) in [7, 11) is 1.63. The van der Waals surface area contributed by atoms with Crippen molar-refractivity contribution in [3.05, 3.63) is 138 Å². The minimum atomic E-state index is -0.302. The molecule has 0 radical (unpaired) electrons. The minimum Gasteiger partial charge on any atom is -0.497 e. The van der Waals surface area contributed by atoms with Crippen LogP contribution in [0.5, 0.6) is 5.75 Å². The number of amides is 1. The molecule has 0 aliphatic heterocycles. The SMILES string of the molecule is COc1cccc(-c2cc(C(=O)NC(c3ccccc3)c3ccccc3)n(-c3ccccc3)n2)c1. The second kappa shape index (κ2) is 10.1. The van der Waals surface area contributed by atoms with Crippen LogP contribution in [-0.2, 0) is 0 Å². The van der Waals surface area contributed by atoms with Gasteiger partial charge in [0.15, 0.2) is 0 Å². The topological polar surface area (TPSA) is 56.1 Å². The zero-order valence-electron chi connectivity index (χ0n) is 19.3. The number of methoxy groups -OCH3 is 1. The van der Waals surface area contributed by atoms with Gasteiger partial charge in [0.1, 0.15) is 11.4 Å². The molecule has 0 unspecified atom stereocenters. The highest BCUT2D eigenvalue weighted by atomic mass is 16.5. The van der Waals surface area contributed by atoms with E-state index in [0.29, 0.717) is 11.4 Å². The molecule has 0 bridgehead atoms. The van der Waals surface area contributed by atoms with E-state index < -0.39 is 0 Å². The van der Waals surface area contributed by atoms with E-state index >= 15 is 0 Å². The molecular weight excluding hydrogens is 434 g/mol. The van der Waals surface area contributed by atoms with Crippen LogP contribution in [-0.4, -0.2) is 22.8 Å². The Labute approximate surface area is 204 Å². The van der Waals surface area contributed by atoms with E-state index in [2.05, 4.69) is 5.32 Å². The van der Waals surface area contributed by atoms with Crippen LogP contribution in [0.4, 0.5) is 0 Å². The monoisotopic (exact) mass is 459 g/mol. The van der Waals surface area contributed by atoms with Crippen LogP contribution in [0.1, 0.15) is 27.7 Å². The molecule has 0 atom stereocenters. The number of rotatable bonds is 7. The van der Waals surface area contributed by atoms with Gasteiger partial charge in [0, 0.05) is 5.56 Å². The molecule has 0 fully saturated rings. The molecular formula is C30H25N3O2. The van der Waals surface area contributed by atoms with Gasteiger partial charge in [-0.1, -0.05) is 91.0 Å². The van der Waals surface area contributed by atoms with Crippen molar-refractivity contribution in [3.8, 4) is 22.7 Å². The Balaban J connectivity index is 1.57. The molecule has 5 aromatic rings. The van der Waals surface area contributed by atoms with Gasteiger partial charge in [-0.25, -0.2) is 4.68 Å². The maximum atomic E-state index is 13.8. The molecule has 0 spiro atoms. The quantitative estimate of drug-likeness (QED) is 0.322. The van der Waals surface area contributed by atoms with E-state index in [9.17, 15) is 4.79 Å². The largest absolute Gasteiger partial charge is 0.497 e. The summed E-state index contributed by atoms with van der Waals surface area (Å²) in [4.78, 5) is 13.8. The number of hydrogen-bond acceptors (Lipinski definition) is 3. The molecule has 1 amide bonds. The Bertz CT molecular complexity index is 1370. The summed E-state index contributed by atoms with van der Waals surface area (Å²) in [5.74, 6) is 0.518. The van der Waals surface area contributed by atoms with Gasteiger partial charge in [-0.2, -0.15) is 5.10 Å². The highest BCUT2D eigenvalue weighted by Crippen LogP contribution is 2.27. The lowest BCUT2D eigenvalue weighted by Gasteiger charge is -2.20. The summed E-state index contributed by atoms with van der Waals surface area (Å²) in [6.45, 7) is 0. The summed E-state index contributed by atoms with van der Waals surface area (Å²) >= 11 is 0. The number of carbonyl (C=O) groups is 1. The predicted molar refractivity (Wildman–Crippen MR) is 138 cm³/mol. The lowest BCUT2D eigenvalue weighted by molar-refractivity contribution is 0.0935. The van der Waals surface area contributed by atoms with E-state index in [1.54, 1.807) is 11.8 Å². The van der Waals surface area contributed by atoms with Gasteiger partial charge in [0.05, 0.1) is 24.5 Å². The predicted octanol–water partition coefficient (Wildman–Crippen LogP) is 6.07. The van der Waals surface area contributed by atoms with Crippen LogP contribution in [0, 0.1) is 0 Å². The molecule has 0 aliphatic rings. The van der Waals surface area contributed by atoms with Crippen molar-refractivity contribution in [2.75, 3.05) is 7.11 Å². The van der Waals surface area contributed by atoms with Gasteiger partial charge in [0.25, 0.3) is 5.91 Å². The molecule has 35 heavy (non-hydrogen) atoms. The van der Waals surface area contributed by atoms with Gasteiger partial charge < -0.3 is 10.1 Å². The number of nitrogens with zero attached hydrogens (tertiary/aromatic N) is 2. The fraction of sp³-hybridized carbons (Fsp3) is 0.0667. The minimum absolute atomic E-state index is 0.215. The summed E-state index contributed by atoms with van der Waals surface area (Å²) in [6.07, 6.45) is 0. The number of benzene rings is 4. The average Bonchev–Trinajstić information content (AvgIpc) is 3.39. The molecule has 5 heteroatoms. The number of carbonyl (C=O) groups excluding carboxylic acids is 1. The third-order valence-corrected chi connectivity index (χ3v) is 5.85. The molecule has 0 aliphatic carbocycles. The third kappa shape index (κ3) is 4.84. The van der Waals surface area contributed by atoms with Gasteiger partial charge in [0.2, 0.25) is 0 Å². The molecule has 1 aromatic heterocycles. The van der Waals surface area contributed by atoms with E-state index in [4.69, 9.17) is 9.84 Å². The second-order valence-corrected chi connectivity index (χ2v) is 8.12. The fourth-order valence-corrected chi connectivity index (χ4v) is 4.09. The molecule has 1 N–H and O–H groups in total. The van der Waals surface area contributed by atoms with E-state index in [1.165, 1.54) is 0 Å². The molecule has 5 rings (SSSR count). The molecule has 0 saturated heterocycles. The van der Waals surface area contributed by atoms with Crippen molar-refractivity contribution < 1.29 is 9.53 Å². The fourth-order valence-electron chi connectivity index (χ4n) is 4.09. The van der Waals surface area contributed by atoms with Crippen molar-refractivity contribution in [3.63, 3.8) is 0 Å². The first kappa shape index (κ1) is 22.2. The average molecular weight is 460 g/mol. The van der Waals surface area contributed by atoms with Crippen LogP contribution in [0.25, 0.3) is 16.9 Å². The highest BCUT2D eigenvalue weighted by Gasteiger charge is 2.22. The van der Waals surface area contributed by atoms with Crippen molar-refractivity contribution in [2.45, 2.75) is 6.04 Å². The van der Waals surface area contributed by atoms with Gasteiger partial charge >= 0.3 is 0 Å². The summed E-state index contributed by atoms with van der Waals surface area (Å²) in [5.41, 5.74) is 4.83. The number of aromatic nitrogens is 2. The van der Waals surface area contributed by atoms with Crippen molar-refractivity contribution >= 4 is 5.91 Å². The normalized spacial score (nSPS) is 10.8. The number of hydrogen-bond donors (Lipinski definition) is 1. The number of ether oxygens (including phenoxy) is 1. The molecule has 4 aromatic carbocycles. The Morgan fingerprint density at radius 1 is 0.771 bits per heavy atom. The maximum Gasteiger partial charge on any atom is 0.270 e. The van der Waals surface area contributed by atoms with Crippen LogP contribution in [0.15, 0.2) is 121 Å². The van der Waals surface area contributed by atoms with E-state index in [-0.39, 0.29) is 11.9 Å². The van der Waals surface area contributed by atoms with Crippen LogP contribution >= 0.6 is 0 Å². The second-order valence-electron chi connectivity index (χ2n) is 8.12. The molecule has 1 heterocycles. The van der Waals surface area contributed by atoms with Crippen LogP contribution < -0.4 is 10.1 Å².